The fraction of sp³-hybridized carbons (Fsp3) is 0.769. The van der Waals surface area contributed by atoms with Gasteiger partial charge in [-0.2, -0.15) is 13.2 Å². The maximum Gasteiger partial charge on any atom is 0.411 e. The summed E-state index contributed by atoms with van der Waals surface area (Å²) in [6, 6.07) is 0. The maximum absolute atomic E-state index is 12.0. The van der Waals surface area contributed by atoms with Crippen LogP contribution in [0.4, 0.5) is 13.2 Å². The van der Waals surface area contributed by atoms with Gasteiger partial charge in [0.1, 0.15) is 11.6 Å². The molecule has 0 aliphatic rings. The van der Waals surface area contributed by atoms with E-state index in [9.17, 15) is 13.2 Å². The first-order valence-electron chi connectivity index (χ1n) is 6.47. The normalized spacial score (nSPS) is 12.9. The number of alkyl halides is 3. The molecule has 0 atom stereocenters. The lowest BCUT2D eigenvalue weighted by molar-refractivity contribution is -0.176. The minimum absolute atomic E-state index is 0.0120. The Morgan fingerprint density at radius 1 is 1.25 bits per heavy atom. The van der Waals surface area contributed by atoms with Crippen LogP contribution in [-0.2, 0) is 24.3 Å². The Hall–Kier alpha value is -0.660. The monoisotopic (exact) mass is 310 g/mol. The van der Waals surface area contributed by atoms with Crippen molar-refractivity contribution in [3.63, 3.8) is 0 Å². The van der Waals surface area contributed by atoms with Crippen molar-refractivity contribution < 1.29 is 17.9 Å². The van der Waals surface area contributed by atoms with Crippen LogP contribution in [0.2, 0.25) is 0 Å². The molecule has 0 fully saturated rings. The summed E-state index contributed by atoms with van der Waals surface area (Å²) in [4.78, 5) is 5.40. The second kappa shape index (κ2) is 6.87. The van der Waals surface area contributed by atoms with Gasteiger partial charge in [0.25, 0.3) is 0 Å². The summed E-state index contributed by atoms with van der Waals surface area (Å²) >= 11 is 1.41. The number of rotatable bonds is 6. The van der Waals surface area contributed by atoms with Gasteiger partial charge in [-0.1, -0.05) is 6.92 Å². The molecule has 1 aromatic heterocycles. The number of halogens is 3. The van der Waals surface area contributed by atoms with Crippen LogP contribution in [-0.4, -0.2) is 23.3 Å². The smallest absolute Gasteiger partial charge is 0.365 e. The second-order valence-corrected chi connectivity index (χ2v) is 6.71. The van der Waals surface area contributed by atoms with E-state index < -0.39 is 12.8 Å². The Balaban J connectivity index is 2.59. The minimum atomic E-state index is -4.29. The number of nitrogens with one attached hydrogen (secondary N) is 1. The molecule has 7 heteroatoms. The molecule has 1 aromatic rings. The fourth-order valence-corrected chi connectivity index (χ4v) is 2.55. The molecule has 20 heavy (non-hydrogen) atoms. The molecule has 0 saturated carbocycles. The van der Waals surface area contributed by atoms with Crippen LogP contribution < -0.4 is 5.32 Å². The first-order chi connectivity index (χ1) is 9.11. The third kappa shape index (κ3) is 6.67. The third-order valence-electron chi connectivity index (χ3n) is 2.43. The fourth-order valence-electron chi connectivity index (χ4n) is 1.51. The van der Waals surface area contributed by atoms with Crippen molar-refractivity contribution in [2.45, 2.75) is 59.0 Å². The Kier molecular flexibility index (Phi) is 5.97. The summed E-state index contributed by atoms with van der Waals surface area (Å²) < 4.78 is 40.7. The molecule has 0 amide bonds. The van der Waals surface area contributed by atoms with E-state index in [1.165, 1.54) is 11.3 Å². The van der Waals surface area contributed by atoms with Crippen LogP contribution in [0.15, 0.2) is 0 Å². The molecule has 0 aliphatic heterocycles. The largest absolute Gasteiger partial charge is 0.411 e. The summed E-state index contributed by atoms with van der Waals surface area (Å²) in [5, 5.41) is 3.95. The second-order valence-electron chi connectivity index (χ2n) is 5.54. The van der Waals surface area contributed by atoms with Crippen molar-refractivity contribution >= 4 is 11.3 Å². The van der Waals surface area contributed by atoms with E-state index in [0.29, 0.717) is 11.6 Å². The van der Waals surface area contributed by atoms with Gasteiger partial charge < -0.3 is 10.1 Å². The van der Waals surface area contributed by atoms with Crippen LogP contribution in [0.3, 0.4) is 0 Å². The molecule has 0 radical (unpaired) electrons. The van der Waals surface area contributed by atoms with Crippen molar-refractivity contribution in [3.8, 4) is 0 Å². The quantitative estimate of drug-likeness (QED) is 0.870. The van der Waals surface area contributed by atoms with E-state index >= 15 is 0 Å². The average Bonchev–Trinajstić information content (AvgIpc) is 2.66. The molecule has 0 bridgehead atoms. The predicted molar refractivity (Wildman–Crippen MR) is 73.8 cm³/mol. The molecule has 0 aromatic carbocycles. The average molecular weight is 310 g/mol. The number of aryl methyl sites for hydroxylation is 1. The molecule has 0 aliphatic carbocycles. The highest BCUT2D eigenvalue weighted by atomic mass is 32.1. The van der Waals surface area contributed by atoms with Crippen molar-refractivity contribution in [1.29, 1.82) is 0 Å². The van der Waals surface area contributed by atoms with Crippen molar-refractivity contribution in [2.75, 3.05) is 6.61 Å². The number of ether oxygens (including phenoxy) is 1. The first-order valence-corrected chi connectivity index (χ1v) is 7.29. The van der Waals surface area contributed by atoms with Gasteiger partial charge in [-0.15, -0.1) is 11.3 Å². The SMILES string of the molecule is CCc1nc(COCC(F)(F)F)sc1CNC(C)(C)C. The van der Waals surface area contributed by atoms with Crippen LogP contribution in [0.1, 0.15) is 43.3 Å². The van der Waals surface area contributed by atoms with Crippen LogP contribution in [0.25, 0.3) is 0 Å². The number of nitrogens with zero attached hydrogens (tertiary/aromatic N) is 1. The summed E-state index contributed by atoms with van der Waals surface area (Å²) in [6.45, 7) is 7.52. The Morgan fingerprint density at radius 2 is 1.90 bits per heavy atom. The van der Waals surface area contributed by atoms with Gasteiger partial charge in [0.2, 0.25) is 0 Å². The molecule has 0 spiro atoms. The predicted octanol–water partition coefficient (Wildman–Crippen LogP) is 3.67. The lowest BCUT2D eigenvalue weighted by Crippen LogP contribution is -2.35. The number of hydrogen-bond donors (Lipinski definition) is 1. The summed E-state index contributed by atoms with van der Waals surface area (Å²) in [6.07, 6.45) is -3.53. The van der Waals surface area contributed by atoms with Gasteiger partial charge in [0, 0.05) is 17.0 Å². The standard InChI is InChI=1S/C13H21F3N2OS/c1-5-9-10(6-17-12(2,3)4)20-11(18-9)7-19-8-13(14,15)16/h17H,5-8H2,1-4H3. The summed E-state index contributed by atoms with van der Waals surface area (Å²) in [5.41, 5.74) is 0.916. The molecule has 0 unspecified atom stereocenters. The van der Waals surface area contributed by atoms with E-state index in [4.69, 9.17) is 0 Å². The van der Waals surface area contributed by atoms with Crippen LogP contribution in [0.5, 0.6) is 0 Å². The van der Waals surface area contributed by atoms with E-state index in [1.807, 2.05) is 6.92 Å². The van der Waals surface area contributed by atoms with Crippen molar-refractivity contribution in [3.05, 3.63) is 15.6 Å². The molecular weight excluding hydrogens is 289 g/mol. The van der Waals surface area contributed by atoms with Gasteiger partial charge in [0.05, 0.1) is 12.3 Å². The zero-order valence-corrected chi connectivity index (χ0v) is 13.0. The third-order valence-corrected chi connectivity index (χ3v) is 3.50. The van der Waals surface area contributed by atoms with E-state index in [1.54, 1.807) is 0 Å². The van der Waals surface area contributed by atoms with E-state index in [2.05, 4.69) is 35.8 Å². The van der Waals surface area contributed by atoms with Crippen LogP contribution >= 0.6 is 11.3 Å². The van der Waals surface area contributed by atoms with Gasteiger partial charge in [-0.05, 0) is 27.2 Å². The number of hydrogen-bond acceptors (Lipinski definition) is 4. The zero-order valence-electron chi connectivity index (χ0n) is 12.2. The topological polar surface area (TPSA) is 34.1 Å². The van der Waals surface area contributed by atoms with E-state index in [0.717, 1.165) is 17.0 Å². The van der Waals surface area contributed by atoms with E-state index in [-0.39, 0.29) is 12.1 Å². The highest BCUT2D eigenvalue weighted by molar-refractivity contribution is 7.11. The summed E-state index contributed by atoms with van der Waals surface area (Å²) in [7, 11) is 0. The molecule has 1 rings (SSSR count). The molecule has 0 saturated heterocycles. The minimum Gasteiger partial charge on any atom is -0.365 e. The lowest BCUT2D eigenvalue weighted by Gasteiger charge is -2.20. The first kappa shape index (κ1) is 17.4. The molecule has 3 nitrogen and oxygen atoms in total. The van der Waals surface area contributed by atoms with Gasteiger partial charge >= 0.3 is 6.18 Å². The Morgan fingerprint density at radius 3 is 2.40 bits per heavy atom. The van der Waals surface area contributed by atoms with Crippen molar-refractivity contribution in [2.24, 2.45) is 0 Å². The van der Waals surface area contributed by atoms with Crippen molar-refractivity contribution in [1.82, 2.24) is 10.3 Å². The molecule has 116 valence electrons. The number of thiazole rings is 1. The molecule has 1 heterocycles. The van der Waals surface area contributed by atoms with Gasteiger partial charge in [-0.3, -0.25) is 0 Å². The Bertz CT molecular complexity index is 424. The summed E-state index contributed by atoms with van der Waals surface area (Å²) in [5.74, 6) is 0. The highest BCUT2D eigenvalue weighted by Gasteiger charge is 2.27. The highest BCUT2D eigenvalue weighted by Crippen LogP contribution is 2.22. The Labute approximate surface area is 121 Å². The van der Waals surface area contributed by atoms with Crippen LogP contribution in [0, 0.1) is 0 Å². The molecular formula is C13H21F3N2OS. The lowest BCUT2D eigenvalue weighted by atomic mass is 10.1. The zero-order chi connectivity index (χ0) is 15.4. The van der Waals surface area contributed by atoms with Gasteiger partial charge in [-0.25, -0.2) is 4.98 Å². The maximum atomic E-state index is 12.0. The molecule has 1 N–H and O–H groups in total. The van der Waals surface area contributed by atoms with Gasteiger partial charge in [0.15, 0.2) is 0 Å². The number of aromatic nitrogens is 1.